The molecule has 0 aliphatic heterocycles. The maximum absolute atomic E-state index is 12.6. The van der Waals surface area contributed by atoms with Crippen molar-refractivity contribution in [3.8, 4) is 0 Å². The molecule has 1 fully saturated rings. The molecule has 5 nitrogen and oxygen atoms in total. The molecular formula is C33H50O5. The second-order valence-corrected chi connectivity index (χ2v) is 13.1. The SMILES string of the molecule is C=C(CC[C@@H](C(=O)O)[C@H]1[C@H](O)C[C@@]2(C)C3=CC[C@@H](C(=C)C)[C@](C)(CCC(=O)OCC)C3=CC[C@]12C)C(C)C. The van der Waals surface area contributed by atoms with E-state index in [0.717, 1.165) is 17.6 Å². The summed E-state index contributed by atoms with van der Waals surface area (Å²) in [6, 6.07) is 0. The molecule has 5 heteroatoms. The Morgan fingerprint density at radius 3 is 2.34 bits per heavy atom. The topological polar surface area (TPSA) is 83.8 Å². The van der Waals surface area contributed by atoms with E-state index in [1.807, 2.05) is 6.92 Å². The van der Waals surface area contributed by atoms with E-state index < -0.39 is 23.4 Å². The van der Waals surface area contributed by atoms with Crippen molar-refractivity contribution in [2.24, 2.45) is 39.9 Å². The molecule has 3 rings (SSSR count). The molecule has 38 heavy (non-hydrogen) atoms. The molecule has 7 atom stereocenters. The lowest BCUT2D eigenvalue weighted by Crippen LogP contribution is -2.48. The van der Waals surface area contributed by atoms with Gasteiger partial charge in [-0.15, -0.1) is 0 Å². The van der Waals surface area contributed by atoms with E-state index in [9.17, 15) is 19.8 Å². The predicted octanol–water partition coefficient (Wildman–Crippen LogP) is 7.28. The third-order valence-corrected chi connectivity index (χ3v) is 10.7. The fourth-order valence-electron chi connectivity index (χ4n) is 8.08. The minimum atomic E-state index is -0.829. The number of aliphatic hydroxyl groups is 1. The lowest BCUT2D eigenvalue weighted by Gasteiger charge is -2.56. The maximum Gasteiger partial charge on any atom is 0.306 e. The number of esters is 1. The van der Waals surface area contributed by atoms with Gasteiger partial charge in [0.05, 0.1) is 18.6 Å². The first-order valence-corrected chi connectivity index (χ1v) is 14.4. The van der Waals surface area contributed by atoms with Gasteiger partial charge in [0.15, 0.2) is 0 Å². The summed E-state index contributed by atoms with van der Waals surface area (Å²) >= 11 is 0. The van der Waals surface area contributed by atoms with E-state index in [-0.39, 0.29) is 28.6 Å². The van der Waals surface area contributed by atoms with Crippen LogP contribution in [0, 0.1) is 39.9 Å². The molecule has 0 unspecified atom stereocenters. The Kier molecular flexibility index (Phi) is 8.92. The summed E-state index contributed by atoms with van der Waals surface area (Å²) in [7, 11) is 0. The van der Waals surface area contributed by atoms with Crippen LogP contribution in [0.15, 0.2) is 47.6 Å². The first-order valence-electron chi connectivity index (χ1n) is 14.4. The van der Waals surface area contributed by atoms with Crippen molar-refractivity contribution in [3.63, 3.8) is 0 Å². The Balaban J connectivity index is 2.02. The molecule has 2 N–H and O–H groups in total. The van der Waals surface area contributed by atoms with Gasteiger partial charge in [-0.3, -0.25) is 9.59 Å². The van der Waals surface area contributed by atoms with Crippen molar-refractivity contribution in [2.45, 2.75) is 99.5 Å². The number of carboxylic acid groups (broad SMARTS) is 1. The van der Waals surface area contributed by atoms with Crippen molar-refractivity contribution >= 4 is 11.9 Å². The molecule has 0 aromatic rings. The summed E-state index contributed by atoms with van der Waals surface area (Å²) in [5.74, 6) is -1.49. The first-order chi connectivity index (χ1) is 17.6. The third-order valence-electron chi connectivity index (χ3n) is 10.7. The van der Waals surface area contributed by atoms with Gasteiger partial charge in [-0.25, -0.2) is 0 Å². The van der Waals surface area contributed by atoms with Crippen LogP contribution in [-0.2, 0) is 14.3 Å². The molecule has 0 spiro atoms. The van der Waals surface area contributed by atoms with Crippen molar-refractivity contribution in [3.05, 3.63) is 47.6 Å². The summed E-state index contributed by atoms with van der Waals surface area (Å²) in [5.41, 5.74) is 3.59. The molecule has 0 radical (unpaired) electrons. The van der Waals surface area contributed by atoms with Crippen LogP contribution in [0.25, 0.3) is 0 Å². The Bertz CT molecular complexity index is 1030. The number of allylic oxidation sites excluding steroid dienone is 6. The zero-order valence-corrected chi connectivity index (χ0v) is 24.7. The average Bonchev–Trinajstić information content (AvgIpc) is 3.03. The Morgan fingerprint density at radius 1 is 1.13 bits per heavy atom. The molecular weight excluding hydrogens is 476 g/mol. The molecule has 0 bridgehead atoms. The maximum atomic E-state index is 12.6. The fraction of sp³-hybridized carbons (Fsp3) is 0.697. The number of fused-ring (bicyclic) bond motifs is 3. The number of carbonyl (C=O) groups is 2. The van der Waals surface area contributed by atoms with E-state index in [2.05, 4.69) is 66.9 Å². The molecule has 3 aliphatic rings. The molecule has 0 amide bonds. The highest BCUT2D eigenvalue weighted by atomic mass is 16.5. The number of rotatable bonds is 11. The minimum Gasteiger partial charge on any atom is -0.481 e. The van der Waals surface area contributed by atoms with Crippen LogP contribution in [-0.4, -0.2) is 34.9 Å². The minimum absolute atomic E-state index is 0.179. The number of carbonyl (C=O) groups excluding carboxylic acids is 1. The Morgan fingerprint density at radius 2 is 1.79 bits per heavy atom. The van der Waals surface area contributed by atoms with Crippen molar-refractivity contribution in [2.75, 3.05) is 6.61 Å². The van der Waals surface area contributed by atoms with E-state index in [1.54, 1.807) is 0 Å². The van der Waals surface area contributed by atoms with Crippen LogP contribution in [0.3, 0.4) is 0 Å². The zero-order valence-electron chi connectivity index (χ0n) is 24.7. The van der Waals surface area contributed by atoms with E-state index in [0.29, 0.717) is 51.0 Å². The second-order valence-electron chi connectivity index (χ2n) is 13.1. The molecule has 0 aromatic heterocycles. The van der Waals surface area contributed by atoms with Crippen molar-refractivity contribution in [1.29, 1.82) is 0 Å². The van der Waals surface area contributed by atoms with Crippen LogP contribution < -0.4 is 0 Å². The number of carboxylic acids is 1. The van der Waals surface area contributed by atoms with Gasteiger partial charge in [-0.05, 0) is 86.2 Å². The first kappa shape index (κ1) is 30.4. The number of aliphatic hydroxyl groups excluding tert-OH is 1. The molecule has 1 saturated carbocycles. The van der Waals surface area contributed by atoms with E-state index in [4.69, 9.17) is 4.74 Å². The van der Waals surface area contributed by atoms with Crippen LogP contribution in [0.1, 0.15) is 93.4 Å². The summed E-state index contributed by atoms with van der Waals surface area (Å²) < 4.78 is 5.26. The van der Waals surface area contributed by atoms with Crippen LogP contribution in [0.2, 0.25) is 0 Å². The Labute approximate surface area is 230 Å². The summed E-state index contributed by atoms with van der Waals surface area (Å²) in [6.45, 7) is 23.6. The monoisotopic (exact) mass is 526 g/mol. The molecule has 0 saturated heterocycles. The highest BCUT2D eigenvalue weighted by Gasteiger charge is 2.65. The predicted molar refractivity (Wildman–Crippen MR) is 152 cm³/mol. The van der Waals surface area contributed by atoms with Gasteiger partial charge in [0.1, 0.15) is 0 Å². The second kappa shape index (κ2) is 11.2. The van der Waals surface area contributed by atoms with Crippen LogP contribution >= 0.6 is 0 Å². The quantitative estimate of drug-likeness (QED) is 0.218. The Hall–Kier alpha value is -2.14. The van der Waals surface area contributed by atoms with E-state index in [1.165, 1.54) is 11.1 Å². The number of hydrogen-bond donors (Lipinski definition) is 2. The van der Waals surface area contributed by atoms with Crippen LogP contribution in [0.4, 0.5) is 0 Å². The van der Waals surface area contributed by atoms with Gasteiger partial charge in [-0.2, -0.15) is 0 Å². The summed E-state index contributed by atoms with van der Waals surface area (Å²) in [5, 5.41) is 21.9. The lowest BCUT2D eigenvalue weighted by atomic mass is 9.48. The molecule has 3 aliphatic carbocycles. The normalized spacial score (nSPS) is 35.0. The molecule has 212 valence electrons. The number of ether oxygens (including phenoxy) is 1. The van der Waals surface area contributed by atoms with Gasteiger partial charge in [0, 0.05) is 17.8 Å². The fourth-order valence-corrected chi connectivity index (χ4v) is 8.08. The third kappa shape index (κ3) is 5.08. The number of hydrogen-bond acceptors (Lipinski definition) is 4. The van der Waals surface area contributed by atoms with Gasteiger partial charge in [-0.1, -0.05) is 71.1 Å². The van der Waals surface area contributed by atoms with Gasteiger partial charge < -0.3 is 14.9 Å². The summed E-state index contributed by atoms with van der Waals surface area (Å²) in [6.07, 6.45) is 8.14. The van der Waals surface area contributed by atoms with Crippen LogP contribution in [0.5, 0.6) is 0 Å². The molecule has 0 aromatic carbocycles. The highest BCUT2D eigenvalue weighted by Crippen LogP contribution is 2.70. The van der Waals surface area contributed by atoms with Gasteiger partial charge in [0.25, 0.3) is 0 Å². The smallest absolute Gasteiger partial charge is 0.306 e. The largest absolute Gasteiger partial charge is 0.481 e. The zero-order chi connectivity index (χ0) is 28.6. The standard InChI is InChI=1S/C33H50O5/c1-10-38-28(35)16-17-31(7)24(21(4)5)13-14-26-25(31)15-18-32(8)29(27(34)19-33(26,32)9)23(30(36)37)12-11-22(6)20(2)3/h14-15,20,23-24,27,29,34H,4,6,10-13,16-19H2,1-3,5,7-9H3,(H,36,37)/t23-,24+,27-,29+,31+,32-,33+/m1/s1. The molecule has 0 heterocycles. The lowest BCUT2D eigenvalue weighted by molar-refractivity contribution is -0.148. The highest BCUT2D eigenvalue weighted by molar-refractivity contribution is 5.71. The van der Waals surface area contributed by atoms with E-state index >= 15 is 0 Å². The van der Waals surface area contributed by atoms with Crippen molar-refractivity contribution < 1.29 is 24.5 Å². The van der Waals surface area contributed by atoms with Gasteiger partial charge >= 0.3 is 11.9 Å². The number of aliphatic carboxylic acids is 1. The summed E-state index contributed by atoms with van der Waals surface area (Å²) in [4.78, 5) is 25.0. The van der Waals surface area contributed by atoms with Gasteiger partial charge in [0.2, 0.25) is 0 Å². The van der Waals surface area contributed by atoms with Crippen molar-refractivity contribution in [1.82, 2.24) is 0 Å². The average molecular weight is 527 g/mol.